The van der Waals surface area contributed by atoms with E-state index in [-0.39, 0.29) is 11.5 Å². The molecule has 192 valence electrons. The zero-order valence-electron chi connectivity index (χ0n) is 22.0. The molecule has 37 heavy (non-hydrogen) atoms. The van der Waals surface area contributed by atoms with Crippen molar-refractivity contribution in [3.63, 3.8) is 0 Å². The first-order chi connectivity index (χ1) is 18.0. The summed E-state index contributed by atoms with van der Waals surface area (Å²) >= 11 is 0. The van der Waals surface area contributed by atoms with Crippen molar-refractivity contribution in [2.45, 2.75) is 52.1 Å². The Kier molecular flexibility index (Phi) is 6.18. The molecule has 0 spiro atoms. The molecule has 4 heterocycles. The van der Waals surface area contributed by atoms with Crippen molar-refractivity contribution in [2.24, 2.45) is 0 Å². The Labute approximate surface area is 217 Å². The molecule has 2 aromatic carbocycles. The van der Waals surface area contributed by atoms with Gasteiger partial charge in [0.05, 0.1) is 35.7 Å². The van der Waals surface area contributed by atoms with E-state index < -0.39 is 0 Å². The van der Waals surface area contributed by atoms with Crippen LogP contribution in [0.25, 0.3) is 32.8 Å². The van der Waals surface area contributed by atoms with Crippen molar-refractivity contribution in [3.8, 4) is 6.07 Å². The average molecular weight is 498 g/mol. The molecule has 0 aliphatic carbocycles. The molecule has 2 aliphatic rings. The molecule has 0 bridgehead atoms. The van der Waals surface area contributed by atoms with Gasteiger partial charge in [0.2, 0.25) is 0 Å². The number of nitriles is 1. The quantitative estimate of drug-likeness (QED) is 0.432. The lowest BCUT2D eigenvalue weighted by atomic mass is 9.98. The molecule has 0 amide bonds. The Hall–Kier alpha value is -3.34. The van der Waals surface area contributed by atoms with Crippen LogP contribution in [0.15, 0.2) is 35.1 Å². The molecule has 2 saturated heterocycles. The highest BCUT2D eigenvalue weighted by Gasteiger charge is 2.27. The van der Waals surface area contributed by atoms with Gasteiger partial charge in [0, 0.05) is 60.2 Å². The summed E-state index contributed by atoms with van der Waals surface area (Å²) in [6.07, 6.45) is 3.19. The van der Waals surface area contributed by atoms with E-state index in [4.69, 9.17) is 4.74 Å². The number of pyridine rings is 1. The Morgan fingerprint density at radius 3 is 2.51 bits per heavy atom. The van der Waals surface area contributed by atoms with Gasteiger partial charge in [-0.25, -0.2) is 0 Å². The number of hydrogen-bond acceptors (Lipinski definition) is 5. The molecular weight excluding hydrogens is 462 g/mol. The molecule has 7 nitrogen and oxygen atoms in total. The van der Waals surface area contributed by atoms with Crippen molar-refractivity contribution in [3.05, 3.63) is 51.7 Å². The van der Waals surface area contributed by atoms with E-state index in [1.165, 1.54) is 11.3 Å². The number of hydrogen-bond donors (Lipinski definition) is 1. The number of aromatic amines is 1. The van der Waals surface area contributed by atoms with Crippen LogP contribution < -0.4 is 10.3 Å². The molecule has 7 heteroatoms. The molecule has 6 rings (SSSR count). The predicted molar refractivity (Wildman–Crippen MR) is 150 cm³/mol. The van der Waals surface area contributed by atoms with E-state index in [2.05, 4.69) is 58.3 Å². The fourth-order valence-electron chi connectivity index (χ4n) is 6.45. The summed E-state index contributed by atoms with van der Waals surface area (Å²) < 4.78 is 7.82. The molecule has 0 unspecified atom stereocenters. The Balaban J connectivity index is 1.48. The fraction of sp³-hybridized carbons (Fsp3) is 0.467. The first kappa shape index (κ1) is 24.0. The largest absolute Gasteiger partial charge is 0.379 e. The summed E-state index contributed by atoms with van der Waals surface area (Å²) in [6, 6.07) is 12.9. The lowest BCUT2D eigenvalue weighted by molar-refractivity contribution is 0.0115. The highest BCUT2D eigenvalue weighted by atomic mass is 16.5. The highest BCUT2D eigenvalue weighted by Crippen LogP contribution is 2.34. The topological polar surface area (TPSA) is 77.3 Å². The average Bonchev–Trinajstić information content (AvgIpc) is 3.31. The second-order valence-corrected chi connectivity index (χ2v) is 10.7. The Morgan fingerprint density at radius 2 is 1.84 bits per heavy atom. The molecule has 4 aromatic rings. The predicted octanol–water partition coefficient (Wildman–Crippen LogP) is 4.95. The van der Waals surface area contributed by atoms with E-state index >= 15 is 0 Å². The van der Waals surface area contributed by atoms with Crippen molar-refractivity contribution >= 4 is 38.5 Å². The lowest BCUT2D eigenvalue weighted by Gasteiger charge is -2.41. The monoisotopic (exact) mass is 497 g/mol. The number of piperidine rings is 1. The smallest absolute Gasteiger partial charge is 0.199 e. The number of nitrogens with one attached hydrogen (secondary N) is 1. The van der Waals surface area contributed by atoms with Crippen LogP contribution in [0.3, 0.4) is 0 Å². The number of aromatic nitrogens is 2. The minimum absolute atomic E-state index is 0.0603. The zero-order valence-corrected chi connectivity index (χ0v) is 22.0. The number of H-pyrrole nitrogens is 1. The first-order valence-electron chi connectivity index (χ1n) is 13.6. The number of anilines is 1. The van der Waals surface area contributed by atoms with E-state index in [0.717, 1.165) is 86.1 Å². The number of rotatable bonds is 4. The first-order valence-corrected chi connectivity index (χ1v) is 13.6. The summed E-state index contributed by atoms with van der Waals surface area (Å²) in [5.41, 5.74) is 5.77. The van der Waals surface area contributed by atoms with Gasteiger partial charge in [-0.2, -0.15) is 5.26 Å². The van der Waals surface area contributed by atoms with Gasteiger partial charge >= 0.3 is 0 Å². The van der Waals surface area contributed by atoms with Gasteiger partial charge in [-0.15, -0.1) is 0 Å². The Morgan fingerprint density at radius 1 is 1.08 bits per heavy atom. The van der Waals surface area contributed by atoms with Crippen molar-refractivity contribution in [1.82, 2.24) is 14.5 Å². The normalized spacial score (nSPS) is 17.9. The third-order valence-electron chi connectivity index (χ3n) is 8.34. The van der Waals surface area contributed by atoms with Crippen LogP contribution in [-0.4, -0.2) is 59.9 Å². The third-order valence-corrected chi connectivity index (χ3v) is 8.34. The second-order valence-electron chi connectivity index (χ2n) is 10.7. The number of morpholine rings is 1. The summed E-state index contributed by atoms with van der Waals surface area (Å²) in [5.74, 6) is 0. The molecule has 0 saturated carbocycles. The molecular formula is C30H35N5O2. The van der Waals surface area contributed by atoms with Crippen molar-refractivity contribution < 1.29 is 4.74 Å². The number of ether oxygens (including phenoxy) is 1. The number of fused-ring (bicyclic) bond motifs is 4. The maximum atomic E-state index is 13.9. The van der Waals surface area contributed by atoms with Crippen molar-refractivity contribution in [1.29, 1.82) is 5.26 Å². The van der Waals surface area contributed by atoms with Crippen LogP contribution in [0.4, 0.5) is 5.69 Å². The molecule has 0 atom stereocenters. The van der Waals surface area contributed by atoms with E-state index in [0.29, 0.717) is 17.0 Å². The summed E-state index contributed by atoms with van der Waals surface area (Å²) in [6.45, 7) is 12.3. The van der Waals surface area contributed by atoms with Gasteiger partial charge in [0.1, 0.15) is 5.65 Å². The van der Waals surface area contributed by atoms with Crippen LogP contribution in [0.2, 0.25) is 0 Å². The van der Waals surface area contributed by atoms with Gasteiger partial charge in [-0.1, -0.05) is 13.0 Å². The molecule has 0 radical (unpaired) electrons. The number of nitrogens with zero attached hydrogens (tertiary/aromatic N) is 4. The minimum atomic E-state index is 0.0603. The lowest BCUT2D eigenvalue weighted by Crippen LogP contribution is -2.49. The maximum Gasteiger partial charge on any atom is 0.199 e. The fourth-order valence-corrected chi connectivity index (χ4v) is 6.45. The van der Waals surface area contributed by atoms with Crippen LogP contribution >= 0.6 is 0 Å². The van der Waals surface area contributed by atoms with Crippen LogP contribution in [0.5, 0.6) is 0 Å². The summed E-state index contributed by atoms with van der Waals surface area (Å²) in [4.78, 5) is 22.6. The number of aryl methyl sites for hydroxylation is 1. The van der Waals surface area contributed by atoms with E-state index in [1.54, 1.807) is 6.07 Å². The standard InChI is InChI=1S/C30H35N5O2/c1-4-21-16-24-27(17-26(21)34-9-7-22(8-10-34)33-11-13-37-14-12-33)35(19(2)3)30-28(29(24)36)23-6-5-20(18-31)15-25(23)32-30/h5-6,15-17,19,22,32H,4,7-14H2,1-3H3. The minimum Gasteiger partial charge on any atom is -0.379 e. The zero-order chi connectivity index (χ0) is 25.7. The molecule has 2 aromatic heterocycles. The number of benzene rings is 2. The SMILES string of the molecule is CCc1cc2c(=O)c3c4ccc(C#N)cc4[nH]c3n(C(C)C)c2cc1N1CCC(N2CCOCC2)CC1. The van der Waals surface area contributed by atoms with Crippen LogP contribution in [-0.2, 0) is 11.2 Å². The Bertz CT molecular complexity index is 1580. The van der Waals surface area contributed by atoms with Gasteiger partial charge in [-0.3, -0.25) is 9.69 Å². The molecule has 1 N–H and O–H groups in total. The van der Waals surface area contributed by atoms with Gasteiger partial charge in [0.25, 0.3) is 0 Å². The van der Waals surface area contributed by atoms with Crippen LogP contribution in [0.1, 0.15) is 50.8 Å². The highest BCUT2D eigenvalue weighted by molar-refractivity contribution is 6.10. The van der Waals surface area contributed by atoms with Gasteiger partial charge in [0.15, 0.2) is 5.43 Å². The second kappa shape index (κ2) is 9.51. The summed E-state index contributed by atoms with van der Waals surface area (Å²) in [7, 11) is 0. The molecule has 2 fully saturated rings. The van der Waals surface area contributed by atoms with Gasteiger partial charge in [-0.05, 0) is 62.9 Å². The van der Waals surface area contributed by atoms with Crippen molar-refractivity contribution in [2.75, 3.05) is 44.3 Å². The van der Waals surface area contributed by atoms with E-state index in [9.17, 15) is 10.1 Å². The van der Waals surface area contributed by atoms with E-state index in [1.807, 2.05) is 12.1 Å². The van der Waals surface area contributed by atoms with Gasteiger partial charge < -0.3 is 19.2 Å². The molecule has 2 aliphatic heterocycles. The third kappa shape index (κ3) is 4.00. The maximum absolute atomic E-state index is 13.9. The van der Waals surface area contributed by atoms with Crippen LogP contribution in [0, 0.1) is 11.3 Å². The summed E-state index contributed by atoms with van der Waals surface area (Å²) in [5, 5.41) is 11.7.